The second-order valence-corrected chi connectivity index (χ2v) is 6.58. The van der Waals surface area contributed by atoms with Crippen LogP contribution in [0.2, 0.25) is 0 Å². The summed E-state index contributed by atoms with van der Waals surface area (Å²) in [6.45, 7) is 6.54. The van der Waals surface area contributed by atoms with Crippen LogP contribution < -0.4 is 10.6 Å². The van der Waals surface area contributed by atoms with Crippen LogP contribution in [0, 0.1) is 0 Å². The highest BCUT2D eigenvalue weighted by atomic mass is 15.3. The summed E-state index contributed by atoms with van der Waals surface area (Å²) in [5, 5.41) is 14.6. The van der Waals surface area contributed by atoms with Gasteiger partial charge in [0.15, 0.2) is 5.82 Å². The molecule has 5 heteroatoms. The van der Waals surface area contributed by atoms with Crippen molar-refractivity contribution < 1.29 is 0 Å². The van der Waals surface area contributed by atoms with Crippen LogP contribution in [-0.4, -0.2) is 15.2 Å². The van der Waals surface area contributed by atoms with Crippen LogP contribution in [0.25, 0.3) is 0 Å². The number of nitrogens with zero attached hydrogens (tertiary/aromatic N) is 3. The van der Waals surface area contributed by atoms with Gasteiger partial charge in [0.2, 0.25) is 5.95 Å². The van der Waals surface area contributed by atoms with Gasteiger partial charge in [-0.2, -0.15) is 10.1 Å². The number of benzene rings is 2. The predicted octanol–water partition coefficient (Wildman–Crippen LogP) is 4.66. The van der Waals surface area contributed by atoms with Gasteiger partial charge in [0, 0.05) is 11.4 Å². The van der Waals surface area contributed by atoms with E-state index in [1.807, 2.05) is 48.5 Å². The Labute approximate surface area is 142 Å². The average molecular weight is 319 g/mol. The van der Waals surface area contributed by atoms with Crippen LogP contribution in [-0.2, 0) is 5.41 Å². The Hall–Kier alpha value is -2.95. The van der Waals surface area contributed by atoms with E-state index in [1.54, 1.807) is 6.20 Å². The van der Waals surface area contributed by atoms with Gasteiger partial charge >= 0.3 is 0 Å². The molecule has 0 atom stereocenters. The molecule has 0 aliphatic carbocycles. The maximum Gasteiger partial charge on any atom is 0.249 e. The summed E-state index contributed by atoms with van der Waals surface area (Å²) in [6.07, 6.45) is 1.61. The van der Waals surface area contributed by atoms with E-state index in [2.05, 4.69) is 52.7 Å². The monoisotopic (exact) mass is 319 g/mol. The summed E-state index contributed by atoms with van der Waals surface area (Å²) in [7, 11) is 0. The fourth-order valence-corrected chi connectivity index (χ4v) is 2.45. The maximum atomic E-state index is 4.49. The zero-order valence-corrected chi connectivity index (χ0v) is 14.1. The van der Waals surface area contributed by atoms with E-state index in [-0.39, 0.29) is 5.41 Å². The van der Waals surface area contributed by atoms with E-state index in [0.29, 0.717) is 11.8 Å². The van der Waals surface area contributed by atoms with Crippen molar-refractivity contribution in [3.8, 4) is 0 Å². The number of rotatable bonds is 4. The first-order valence-corrected chi connectivity index (χ1v) is 7.91. The molecular formula is C19H21N5. The summed E-state index contributed by atoms with van der Waals surface area (Å²) in [6, 6.07) is 18.0. The van der Waals surface area contributed by atoms with Gasteiger partial charge in [-0.05, 0) is 29.2 Å². The van der Waals surface area contributed by atoms with Gasteiger partial charge in [0.25, 0.3) is 0 Å². The molecule has 0 fully saturated rings. The van der Waals surface area contributed by atoms with Crippen molar-refractivity contribution in [2.24, 2.45) is 0 Å². The minimum absolute atomic E-state index is 0.0247. The fourth-order valence-electron chi connectivity index (χ4n) is 2.45. The molecule has 0 amide bonds. The molecule has 2 N–H and O–H groups in total. The minimum Gasteiger partial charge on any atom is -0.339 e. The first-order chi connectivity index (χ1) is 11.5. The molecular weight excluding hydrogens is 298 g/mol. The Morgan fingerprint density at radius 2 is 1.54 bits per heavy atom. The van der Waals surface area contributed by atoms with Crippen LogP contribution in [0.15, 0.2) is 60.8 Å². The normalized spacial score (nSPS) is 11.1. The van der Waals surface area contributed by atoms with E-state index in [9.17, 15) is 0 Å². The second kappa shape index (κ2) is 6.66. The van der Waals surface area contributed by atoms with Crippen molar-refractivity contribution in [2.75, 3.05) is 10.6 Å². The van der Waals surface area contributed by atoms with Gasteiger partial charge < -0.3 is 10.6 Å². The molecule has 0 unspecified atom stereocenters. The third-order valence-corrected chi connectivity index (χ3v) is 3.59. The van der Waals surface area contributed by atoms with Crippen molar-refractivity contribution in [2.45, 2.75) is 26.2 Å². The quantitative estimate of drug-likeness (QED) is 0.732. The zero-order valence-electron chi connectivity index (χ0n) is 14.1. The Morgan fingerprint density at radius 3 is 2.29 bits per heavy atom. The minimum atomic E-state index is 0.0247. The number of aromatic nitrogens is 3. The predicted molar refractivity (Wildman–Crippen MR) is 98.0 cm³/mol. The lowest BCUT2D eigenvalue weighted by Crippen LogP contribution is -2.14. The van der Waals surface area contributed by atoms with Crippen LogP contribution in [0.1, 0.15) is 26.3 Å². The molecule has 0 saturated carbocycles. The topological polar surface area (TPSA) is 62.7 Å². The summed E-state index contributed by atoms with van der Waals surface area (Å²) in [5.74, 6) is 1.11. The van der Waals surface area contributed by atoms with E-state index >= 15 is 0 Å². The smallest absolute Gasteiger partial charge is 0.249 e. The van der Waals surface area contributed by atoms with Gasteiger partial charge in [-0.15, -0.1) is 5.10 Å². The number of anilines is 4. The molecule has 3 aromatic rings. The van der Waals surface area contributed by atoms with Crippen molar-refractivity contribution >= 4 is 23.1 Å². The van der Waals surface area contributed by atoms with Gasteiger partial charge in [-0.3, -0.25) is 0 Å². The molecule has 0 bridgehead atoms. The van der Waals surface area contributed by atoms with Crippen LogP contribution in [0.5, 0.6) is 0 Å². The summed E-state index contributed by atoms with van der Waals surface area (Å²) in [5.41, 5.74) is 3.18. The number of nitrogens with one attached hydrogen (secondary N) is 2. The highest BCUT2D eigenvalue weighted by Crippen LogP contribution is 2.30. The van der Waals surface area contributed by atoms with Crippen molar-refractivity contribution in [1.82, 2.24) is 15.2 Å². The highest BCUT2D eigenvalue weighted by molar-refractivity contribution is 5.62. The van der Waals surface area contributed by atoms with Crippen LogP contribution in [0.4, 0.5) is 23.1 Å². The zero-order chi connectivity index (χ0) is 17.0. The van der Waals surface area contributed by atoms with E-state index < -0.39 is 0 Å². The molecule has 122 valence electrons. The standard InChI is InChI=1S/C19H21N5/c1-19(2,3)15-11-7-8-12-16(15)22-18-23-17(13-20-24-18)21-14-9-5-4-6-10-14/h4-13H,1-3H3,(H2,21,22,23,24). The maximum absolute atomic E-state index is 4.49. The number of hydrogen-bond acceptors (Lipinski definition) is 5. The Kier molecular flexibility index (Phi) is 4.42. The first kappa shape index (κ1) is 15.9. The van der Waals surface area contributed by atoms with Crippen LogP contribution >= 0.6 is 0 Å². The first-order valence-electron chi connectivity index (χ1n) is 7.91. The molecule has 0 aliphatic rings. The second-order valence-electron chi connectivity index (χ2n) is 6.58. The third kappa shape index (κ3) is 3.87. The van der Waals surface area contributed by atoms with E-state index in [4.69, 9.17) is 0 Å². The summed E-state index contributed by atoms with van der Waals surface area (Å²) >= 11 is 0. The molecule has 3 rings (SSSR count). The van der Waals surface area contributed by atoms with Crippen molar-refractivity contribution in [3.05, 3.63) is 66.4 Å². The van der Waals surface area contributed by atoms with Gasteiger partial charge in [-0.1, -0.05) is 57.2 Å². The lowest BCUT2D eigenvalue weighted by molar-refractivity contribution is 0.592. The van der Waals surface area contributed by atoms with Gasteiger partial charge in [0.1, 0.15) is 0 Å². The summed E-state index contributed by atoms with van der Waals surface area (Å²) < 4.78 is 0. The molecule has 24 heavy (non-hydrogen) atoms. The Bertz CT molecular complexity index is 809. The highest BCUT2D eigenvalue weighted by Gasteiger charge is 2.18. The molecule has 5 nitrogen and oxygen atoms in total. The number of para-hydroxylation sites is 2. The molecule has 0 saturated heterocycles. The van der Waals surface area contributed by atoms with E-state index in [0.717, 1.165) is 11.4 Å². The molecule has 0 spiro atoms. The van der Waals surface area contributed by atoms with Gasteiger partial charge in [0.05, 0.1) is 6.20 Å². The molecule has 2 aromatic carbocycles. The lowest BCUT2D eigenvalue weighted by Gasteiger charge is -2.22. The number of hydrogen-bond donors (Lipinski definition) is 2. The fraction of sp³-hybridized carbons (Fsp3) is 0.211. The van der Waals surface area contributed by atoms with Crippen molar-refractivity contribution in [1.29, 1.82) is 0 Å². The average Bonchev–Trinajstić information content (AvgIpc) is 2.56. The summed E-state index contributed by atoms with van der Waals surface area (Å²) in [4.78, 5) is 4.49. The Morgan fingerprint density at radius 1 is 0.833 bits per heavy atom. The lowest BCUT2D eigenvalue weighted by atomic mass is 9.86. The van der Waals surface area contributed by atoms with E-state index in [1.165, 1.54) is 5.56 Å². The molecule has 0 aliphatic heterocycles. The van der Waals surface area contributed by atoms with Crippen LogP contribution in [0.3, 0.4) is 0 Å². The Balaban J connectivity index is 1.83. The molecule has 0 radical (unpaired) electrons. The molecule has 1 aromatic heterocycles. The van der Waals surface area contributed by atoms with Crippen molar-refractivity contribution in [3.63, 3.8) is 0 Å². The third-order valence-electron chi connectivity index (χ3n) is 3.59. The molecule has 1 heterocycles. The SMILES string of the molecule is CC(C)(C)c1ccccc1Nc1nncc(Nc2ccccc2)n1. The van der Waals surface area contributed by atoms with Gasteiger partial charge in [-0.25, -0.2) is 0 Å². The largest absolute Gasteiger partial charge is 0.339 e.